The van der Waals surface area contributed by atoms with Crippen LogP contribution in [0.15, 0.2) is 18.2 Å². The normalized spacial score (nSPS) is 12.9. The summed E-state index contributed by atoms with van der Waals surface area (Å²) in [6.07, 6.45) is -0.321. The third-order valence-corrected chi connectivity index (χ3v) is 3.07. The molecule has 1 aromatic rings. The van der Waals surface area contributed by atoms with E-state index in [-0.39, 0.29) is 6.10 Å². The number of benzene rings is 1. The van der Waals surface area contributed by atoms with Crippen molar-refractivity contribution in [3.8, 4) is 0 Å². The number of hydrogen-bond acceptors (Lipinski definition) is 2. The molecule has 78 valence electrons. The molecule has 1 atom stereocenters. The zero-order valence-electron chi connectivity index (χ0n) is 9.08. The van der Waals surface area contributed by atoms with Crippen LogP contribution in [0.5, 0.6) is 0 Å². The van der Waals surface area contributed by atoms with Gasteiger partial charge in [-0.3, -0.25) is 0 Å². The van der Waals surface area contributed by atoms with E-state index in [1.165, 1.54) is 11.1 Å². The van der Waals surface area contributed by atoms with Crippen LogP contribution in [0.4, 0.5) is 0 Å². The third-order valence-electron chi connectivity index (χ3n) is 2.11. The Labute approximate surface area is 90.5 Å². The van der Waals surface area contributed by atoms with Crippen LogP contribution in [-0.4, -0.2) is 16.6 Å². The Hall–Kier alpha value is -0.470. The fraction of sp³-hybridized carbons (Fsp3) is 0.500. The molecular formula is C12H18OS. The number of aliphatic hydroxyl groups is 1. The number of aryl methyl sites for hydroxylation is 2. The van der Waals surface area contributed by atoms with Crippen LogP contribution in [-0.2, 0) is 0 Å². The van der Waals surface area contributed by atoms with Crippen molar-refractivity contribution in [2.45, 2.75) is 26.9 Å². The van der Waals surface area contributed by atoms with Gasteiger partial charge in [0.2, 0.25) is 0 Å². The van der Waals surface area contributed by atoms with E-state index in [0.717, 1.165) is 17.1 Å². The van der Waals surface area contributed by atoms with Gasteiger partial charge in [-0.05, 0) is 25.2 Å². The van der Waals surface area contributed by atoms with Gasteiger partial charge < -0.3 is 5.11 Å². The summed E-state index contributed by atoms with van der Waals surface area (Å²) in [6.45, 7) is 6.24. The van der Waals surface area contributed by atoms with Gasteiger partial charge >= 0.3 is 0 Å². The predicted molar refractivity (Wildman–Crippen MR) is 63.9 cm³/mol. The van der Waals surface area contributed by atoms with Gasteiger partial charge in [0.25, 0.3) is 0 Å². The molecule has 1 unspecified atom stereocenters. The van der Waals surface area contributed by atoms with Gasteiger partial charge in [-0.15, -0.1) is 0 Å². The fourth-order valence-corrected chi connectivity index (χ4v) is 2.18. The summed E-state index contributed by atoms with van der Waals surface area (Å²) < 4.78 is 0. The molecule has 1 rings (SSSR count). The number of rotatable bonds is 4. The van der Waals surface area contributed by atoms with Crippen molar-refractivity contribution in [3.63, 3.8) is 0 Å². The average Bonchev–Trinajstić information content (AvgIpc) is 2.12. The lowest BCUT2D eigenvalue weighted by Crippen LogP contribution is -2.01. The SMILES string of the molecule is CCSCC(O)c1cc(C)cc(C)c1. The van der Waals surface area contributed by atoms with Crippen LogP contribution in [0, 0.1) is 13.8 Å². The second-order valence-electron chi connectivity index (χ2n) is 3.60. The van der Waals surface area contributed by atoms with Gasteiger partial charge in [-0.1, -0.05) is 36.2 Å². The maximum absolute atomic E-state index is 9.88. The highest BCUT2D eigenvalue weighted by molar-refractivity contribution is 7.99. The van der Waals surface area contributed by atoms with Crippen molar-refractivity contribution in [2.24, 2.45) is 0 Å². The predicted octanol–water partition coefficient (Wildman–Crippen LogP) is 3.09. The Morgan fingerprint density at radius 3 is 2.29 bits per heavy atom. The molecule has 2 heteroatoms. The van der Waals surface area contributed by atoms with Crippen molar-refractivity contribution < 1.29 is 5.11 Å². The van der Waals surface area contributed by atoms with Gasteiger partial charge in [0.15, 0.2) is 0 Å². The lowest BCUT2D eigenvalue weighted by molar-refractivity contribution is 0.204. The molecule has 0 fully saturated rings. The Morgan fingerprint density at radius 1 is 1.21 bits per heavy atom. The highest BCUT2D eigenvalue weighted by atomic mass is 32.2. The summed E-state index contributed by atoms with van der Waals surface area (Å²) in [4.78, 5) is 0. The number of hydrogen-bond donors (Lipinski definition) is 1. The first-order valence-corrected chi connectivity index (χ1v) is 6.13. The van der Waals surface area contributed by atoms with E-state index >= 15 is 0 Å². The molecule has 1 aromatic carbocycles. The molecule has 0 aliphatic carbocycles. The van der Waals surface area contributed by atoms with E-state index < -0.39 is 0 Å². The largest absolute Gasteiger partial charge is 0.388 e. The molecule has 0 aliphatic rings. The molecule has 0 spiro atoms. The molecule has 0 saturated carbocycles. The quantitative estimate of drug-likeness (QED) is 0.824. The highest BCUT2D eigenvalue weighted by Crippen LogP contribution is 2.20. The van der Waals surface area contributed by atoms with Crippen molar-refractivity contribution in [2.75, 3.05) is 11.5 Å². The molecule has 1 nitrogen and oxygen atoms in total. The summed E-state index contributed by atoms with van der Waals surface area (Å²) >= 11 is 1.77. The third kappa shape index (κ3) is 3.35. The fourth-order valence-electron chi connectivity index (χ4n) is 1.53. The number of thioether (sulfide) groups is 1. The van der Waals surface area contributed by atoms with Crippen molar-refractivity contribution in [1.29, 1.82) is 0 Å². The lowest BCUT2D eigenvalue weighted by Gasteiger charge is -2.11. The Balaban J connectivity index is 2.73. The summed E-state index contributed by atoms with van der Waals surface area (Å²) in [5.74, 6) is 1.85. The first-order valence-electron chi connectivity index (χ1n) is 4.97. The van der Waals surface area contributed by atoms with Gasteiger partial charge in [0, 0.05) is 5.75 Å². The Bertz CT molecular complexity index is 276. The molecule has 0 aliphatic heterocycles. The van der Waals surface area contributed by atoms with Gasteiger partial charge in [-0.25, -0.2) is 0 Å². The average molecular weight is 210 g/mol. The summed E-state index contributed by atoms with van der Waals surface area (Å²) in [5.41, 5.74) is 3.49. The molecule has 14 heavy (non-hydrogen) atoms. The van der Waals surface area contributed by atoms with E-state index in [2.05, 4.69) is 39.0 Å². The number of aliphatic hydroxyl groups excluding tert-OH is 1. The zero-order valence-corrected chi connectivity index (χ0v) is 9.90. The van der Waals surface area contributed by atoms with Gasteiger partial charge in [0.05, 0.1) is 6.10 Å². The van der Waals surface area contributed by atoms with Crippen molar-refractivity contribution in [1.82, 2.24) is 0 Å². The van der Waals surface area contributed by atoms with Crippen LogP contribution >= 0.6 is 11.8 Å². The topological polar surface area (TPSA) is 20.2 Å². The molecule has 0 bridgehead atoms. The summed E-state index contributed by atoms with van der Waals surface area (Å²) in [5, 5.41) is 9.88. The molecule has 0 amide bonds. The van der Waals surface area contributed by atoms with E-state index in [0.29, 0.717) is 0 Å². The Kier molecular flexibility index (Phi) is 4.49. The minimum absolute atomic E-state index is 0.321. The minimum Gasteiger partial charge on any atom is -0.388 e. The standard InChI is InChI=1S/C12H18OS/c1-4-14-8-12(13)11-6-9(2)5-10(3)7-11/h5-7,12-13H,4,8H2,1-3H3. The monoisotopic (exact) mass is 210 g/mol. The van der Waals surface area contributed by atoms with Crippen molar-refractivity contribution >= 4 is 11.8 Å². The second kappa shape index (κ2) is 5.42. The van der Waals surface area contributed by atoms with E-state index in [1.807, 2.05) is 0 Å². The van der Waals surface area contributed by atoms with E-state index in [9.17, 15) is 5.11 Å². The maximum Gasteiger partial charge on any atom is 0.0880 e. The Morgan fingerprint density at radius 2 is 1.79 bits per heavy atom. The highest BCUT2D eigenvalue weighted by Gasteiger charge is 2.07. The molecule has 1 N–H and O–H groups in total. The van der Waals surface area contributed by atoms with Crippen molar-refractivity contribution in [3.05, 3.63) is 34.9 Å². The van der Waals surface area contributed by atoms with Crippen LogP contribution in [0.25, 0.3) is 0 Å². The van der Waals surface area contributed by atoms with Crippen LogP contribution in [0.2, 0.25) is 0 Å². The molecule has 0 heterocycles. The van der Waals surface area contributed by atoms with Gasteiger partial charge in [-0.2, -0.15) is 11.8 Å². The van der Waals surface area contributed by atoms with Crippen LogP contribution in [0.3, 0.4) is 0 Å². The van der Waals surface area contributed by atoms with Crippen LogP contribution in [0.1, 0.15) is 29.7 Å². The lowest BCUT2D eigenvalue weighted by atomic mass is 10.0. The summed E-state index contributed by atoms with van der Waals surface area (Å²) in [6, 6.07) is 6.25. The first-order chi connectivity index (χ1) is 6.63. The summed E-state index contributed by atoms with van der Waals surface area (Å²) in [7, 11) is 0. The smallest absolute Gasteiger partial charge is 0.0880 e. The second-order valence-corrected chi connectivity index (χ2v) is 4.92. The van der Waals surface area contributed by atoms with E-state index in [4.69, 9.17) is 0 Å². The zero-order chi connectivity index (χ0) is 10.6. The molecule has 0 radical (unpaired) electrons. The van der Waals surface area contributed by atoms with Crippen LogP contribution < -0.4 is 0 Å². The van der Waals surface area contributed by atoms with E-state index in [1.54, 1.807) is 11.8 Å². The molecular weight excluding hydrogens is 192 g/mol. The first kappa shape index (κ1) is 11.6. The minimum atomic E-state index is -0.321. The maximum atomic E-state index is 9.88. The molecule has 0 saturated heterocycles. The molecule has 0 aromatic heterocycles. The van der Waals surface area contributed by atoms with Gasteiger partial charge in [0.1, 0.15) is 0 Å².